The fourth-order valence-corrected chi connectivity index (χ4v) is 1.46. The van der Waals surface area contributed by atoms with E-state index in [9.17, 15) is 9.59 Å². The molecule has 15 heavy (non-hydrogen) atoms. The Balaban J connectivity index is 3.10. The van der Waals surface area contributed by atoms with Crippen LogP contribution in [0.2, 0.25) is 0 Å². The number of hydrogen-bond donors (Lipinski definition) is 0. The summed E-state index contributed by atoms with van der Waals surface area (Å²) in [6.45, 7) is 5.37. The zero-order valence-corrected chi connectivity index (χ0v) is 10.3. The molecule has 1 rings (SSSR count). The summed E-state index contributed by atoms with van der Waals surface area (Å²) in [5.74, 6) is -0.289. The molecule has 0 radical (unpaired) electrons. The molecule has 1 aliphatic rings. The van der Waals surface area contributed by atoms with Gasteiger partial charge in [0.25, 0.3) is 0 Å². The van der Waals surface area contributed by atoms with E-state index >= 15 is 0 Å². The average molecular weight is 270 g/mol. The topological polar surface area (TPSA) is 37.4 Å². The average Bonchev–Trinajstić information content (AvgIpc) is 2.14. The monoisotopic (exact) mass is 269 g/mol. The number of carbonyl (C=O) groups excluding carboxylic acids is 2. The van der Waals surface area contributed by atoms with Crippen molar-refractivity contribution in [3.05, 3.63) is 34.5 Å². The van der Waals surface area contributed by atoms with Crippen LogP contribution >= 0.6 is 15.9 Å². The maximum atomic E-state index is 11.4. The van der Waals surface area contributed by atoms with Crippen molar-refractivity contribution in [2.24, 2.45) is 0 Å². The lowest BCUT2D eigenvalue weighted by atomic mass is 10.0. The molecule has 0 saturated heterocycles. The van der Waals surface area contributed by atoms with Gasteiger partial charge in [0, 0.05) is 22.8 Å². The summed E-state index contributed by atoms with van der Waals surface area (Å²) < 4.78 is 0.696. The second-order valence-electron chi connectivity index (χ2n) is 3.34. The molecule has 0 saturated carbocycles. The molecule has 0 atom stereocenters. The number of amides is 1. The van der Waals surface area contributed by atoms with Crippen LogP contribution in [-0.2, 0) is 9.59 Å². The number of ketones is 1. The highest BCUT2D eigenvalue weighted by Crippen LogP contribution is 2.20. The molecule has 4 heteroatoms. The largest absolute Gasteiger partial charge is 0.315 e. The van der Waals surface area contributed by atoms with Crippen LogP contribution in [0, 0.1) is 0 Å². The highest BCUT2D eigenvalue weighted by Gasteiger charge is 2.25. The molecule has 0 N–H and O–H groups in total. The fraction of sp³-hybridized carbons (Fsp3) is 0.273. The van der Waals surface area contributed by atoms with Gasteiger partial charge in [-0.3, -0.25) is 9.59 Å². The second kappa shape index (κ2) is 4.57. The lowest BCUT2D eigenvalue weighted by Gasteiger charge is -2.24. The maximum Gasteiger partial charge on any atom is 0.234 e. The Kier molecular flexibility index (Phi) is 3.63. The van der Waals surface area contributed by atoms with Gasteiger partial charge in [-0.15, -0.1) is 0 Å². The molecule has 0 spiro atoms. The first kappa shape index (κ1) is 11.9. The standard InChI is InChI=1S/C11H12BrNO2/c1-7(12)4-5-9-8(2)10(14)6-11(15)13(9)3/h4-5H,1,6H2,2-3H3/b5-4-. The van der Waals surface area contributed by atoms with E-state index in [0.717, 1.165) is 0 Å². The lowest BCUT2D eigenvalue weighted by Crippen LogP contribution is -2.33. The Labute approximate surface area is 97.3 Å². The minimum absolute atomic E-state index is 0.0328. The molecule has 0 aromatic carbocycles. The Hall–Kier alpha value is -1.16. The molecule has 1 heterocycles. The molecular formula is C11H12BrNO2. The zero-order valence-electron chi connectivity index (χ0n) is 8.71. The van der Waals surface area contributed by atoms with Crippen LogP contribution in [-0.4, -0.2) is 23.6 Å². The Bertz CT molecular complexity index is 393. The summed E-state index contributed by atoms with van der Waals surface area (Å²) in [5.41, 5.74) is 1.25. The molecule has 0 fully saturated rings. The molecule has 1 aliphatic heterocycles. The second-order valence-corrected chi connectivity index (χ2v) is 4.36. The third kappa shape index (κ3) is 2.65. The predicted molar refractivity (Wildman–Crippen MR) is 62.3 cm³/mol. The first-order chi connectivity index (χ1) is 6.93. The van der Waals surface area contributed by atoms with Crippen LogP contribution < -0.4 is 0 Å². The van der Waals surface area contributed by atoms with Crippen LogP contribution in [0.5, 0.6) is 0 Å². The third-order valence-electron chi connectivity index (χ3n) is 2.27. The van der Waals surface area contributed by atoms with E-state index in [1.807, 2.05) is 0 Å². The normalized spacial score (nSPS) is 17.9. The highest BCUT2D eigenvalue weighted by molar-refractivity contribution is 9.11. The van der Waals surface area contributed by atoms with Crippen molar-refractivity contribution in [3.63, 3.8) is 0 Å². The number of hydrogen-bond acceptors (Lipinski definition) is 2. The van der Waals surface area contributed by atoms with Crippen LogP contribution in [0.3, 0.4) is 0 Å². The van der Waals surface area contributed by atoms with Crippen molar-refractivity contribution < 1.29 is 9.59 Å². The van der Waals surface area contributed by atoms with E-state index < -0.39 is 0 Å². The van der Waals surface area contributed by atoms with Gasteiger partial charge in [-0.25, -0.2) is 0 Å². The van der Waals surface area contributed by atoms with E-state index in [2.05, 4.69) is 22.5 Å². The van der Waals surface area contributed by atoms with Gasteiger partial charge in [-0.2, -0.15) is 0 Å². The summed E-state index contributed by atoms with van der Waals surface area (Å²) in [7, 11) is 1.66. The molecule has 0 aromatic heterocycles. The quantitative estimate of drug-likeness (QED) is 0.569. The summed E-state index contributed by atoms with van der Waals surface area (Å²) >= 11 is 3.18. The summed E-state index contributed by atoms with van der Waals surface area (Å²) in [5, 5.41) is 0. The first-order valence-corrected chi connectivity index (χ1v) is 5.26. The smallest absolute Gasteiger partial charge is 0.234 e. The fourth-order valence-electron chi connectivity index (χ4n) is 1.32. The lowest BCUT2D eigenvalue weighted by molar-refractivity contribution is -0.133. The molecule has 0 aliphatic carbocycles. The van der Waals surface area contributed by atoms with E-state index in [-0.39, 0.29) is 18.1 Å². The van der Waals surface area contributed by atoms with Crippen molar-refractivity contribution in [1.29, 1.82) is 0 Å². The third-order valence-corrected chi connectivity index (χ3v) is 2.54. The molecule has 3 nitrogen and oxygen atoms in total. The molecular weight excluding hydrogens is 258 g/mol. The Morgan fingerprint density at radius 1 is 1.53 bits per heavy atom. The van der Waals surface area contributed by atoms with Gasteiger partial charge in [0.1, 0.15) is 0 Å². The summed E-state index contributed by atoms with van der Waals surface area (Å²) in [4.78, 5) is 24.3. The Morgan fingerprint density at radius 2 is 2.13 bits per heavy atom. The SMILES string of the molecule is C=C(Br)/C=C\C1=C(C)C(=O)CC(=O)N1C. The number of nitrogens with zero attached hydrogens (tertiary/aromatic N) is 1. The van der Waals surface area contributed by atoms with Crippen molar-refractivity contribution in [2.75, 3.05) is 7.05 Å². The highest BCUT2D eigenvalue weighted by atomic mass is 79.9. The molecule has 1 amide bonds. The molecule has 80 valence electrons. The molecule has 0 unspecified atom stereocenters. The van der Waals surface area contributed by atoms with Crippen LogP contribution in [0.4, 0.5) is 0 Å². The van der Waals surface area contributed by atoms with Crippen molar-refractivity contribution >= 4 is 27.6 Å². The van der Waals surface area contributed by atoms with E-state index in [1.54, 1.807) is 26.1 Å². The van der Waals surface area contributed by atoms with Gasteiger partial charge in [0.2, 0.25) is 5.91 Å². The van der Waals surface area contributed by atoms with Gasteiger partial charge < -0.3 is 4.90 Å². The minimum Gasteiger partial charge on any atom is -0.315 e. The van der Waals surface area contributed by atoms with Gasteiger partial charge >= 0.3 is 0 Å². The van der Waals surface area contributed by atoms with Gasteiger partial charge in [0.05, 0.1) is 6.42 Å². The van der Waals surface area contributed by atoms with E-state index in [4.69, 9.17) is 0 Å². The summed E-state index contributed by atoms with van der Waals surface area (Å²) in [6.07, 6.45) is 3.39. The first-order valence-electron chi connectivity index (χ1n) is 4.46. The van der Waals surface area contributed by atoms with Crippen LogP contribution in [0.15, 0.2) is 34.5 Å². The zero-order chi connectivity index (χ0) is 11.6. The summed E-state index contributed by atoms with van der Waals surface area (Å²) in [6, 6.07) is 0. The number of likely N-dealkylation sites (N-methyl/N-ethyl adjacent to an activating group) is 1. The number of allylic oxidation sites excluding steroid dienone is 4. The predicted octanol–water partition coefficient (Wildman–Crippen LogP) is 2.16. The minimum atomic E-state index is -0.176. The van der Waals surface area contributed by atoms with Crippen molar-refractivity contribution in [2.45, 2.75) is 13.3 Å². The molecule has 0 bridgehead atoms. The number of Topliss-reactive ketones (excluding diaryl/α,β-unsaturated/α-hetero) is 1. The van der Waals surface area contributed by atoms with Crippen LogP contribution in [0.25, 0.3) is 0 Å². The Morgan fingerprint density at radius 3 is 2.67 bits per heavy atom. The van der Waals surface area contributed by atoms with E-state index in [0.29, 0.717) is 15.8 Å². The van der Waals surface area contributed by atoms with Crippen LogP contribution in [0.1, 0.15) is 13.3 Å². The number of halogens is 1. The van der Waals surface area contributed by atoms with Crippen molar-refractivity contribution in [1.82, 2.24) is 4.90 Å². The van der Waals surface area contributed by atoms with E-state index in [1.165, 1.54) is 4.90 Å². The molecule has 0 aromatic rings. The van der Waals surface area contributed by atoms with Gasteiger partial charge in [-0.05, 0) is 19.1 Å². The number of rotatable bonds is 2. The van der Waals surface area contributed by atoms with Crippen molar-refractivity contribution in [3.8, 4) is 0 Å². The number of carbonyl (C=O) groups is 2. The maximum absolute atomic E-state index is 11.4. The van der Waals surface area contributed by atoms with Gasteiger partial charge in [-0.1, -0.05) is 22.5 Å². The van der Waals surface area contributed by atoms with Gasteiger partial charge in [0.15, 0.2) is 5.78 Å².